The van der Waals surface area contributed by atoms with Crippen LogP contribution in [0.3, 0.4) is 0 Å². The second-order valence-electron chi connectivity index (χ2n) is 3.97. The lowest BCUT2D eigenvalue weighted by Gasteiger charge is -2.09. The fraction of sp³-hybridized carbons (Fsp3) is 0.308. The van der Waals surface area contributed by atoms with Gasteiger partial charge in [-0.25, -0.2) is 4.98 Å². The van der Waals surface area contributed by atoms with Gasteiger partial charge in [0, 0.05) is 12.6 Å². The van der Waals surface area contributed by atoms with E-state index in [1.807, 2.05) is 37.6 Å². The zero-order chi connectivity index (χ0) is 12.4. The minimum Gasteiger partial charge on any atom is -0.494 e. The maximum Gasteiger partial charge on any atom is 0.200 e. The molecule has 0 fully saturated rings. The molecule has 1 aromatic carbocycles. The van der Waals surface area contributed by atoms with E-state index in [9.17, 15) is 0 Å². The van der Waals surface area contributed by atoms with Crippen LogP contribution in [0, 0.1) is 6.92 Å². The molecule has 0 unspecified atom stereocenters. The van der Waals surface area contributed by atoms with Gasteiger partial charge in [-0.2, -0.15) is 0 Å². The molecule has 0 aliphatic carbocycles. The van der Waals surface area contributed by atoms with Gasteiger partial charge in [0.25, 0.3) is 0 Å². The Hall–Kier alpha value is -1.97. The summed E-state index contributed by atoms with van der Waals surface area (Å²) in [6.07, 6.45) is 1.78. The first-order chi connectivity index (χ1) is 8.13. The van der Waals surface area contributed by atoms with E-state index in [2.05, 4.69) is 11.1 Å². The van der Waals surface area contributed by atoms with Crippen molar-refractivity contribution in [3.05, 3.63) is 30.0 Å². The number of nitrogens with zero attached hydrogens (tertiary/aromatic N) is 2. The summed E-state index contributed by atoms with van der Waals surface area (Å²) in [6.45, 7) is 4.70. The maximum absolute atomic E-state index is 5.72. The molecule has 4 heteroatoms. The molecule has 90 valence electrons. The van der Waals surface area contributed by atoms with Gasteiger partial charge in [0.05, 0.1) is 18.5 Å². The van der Waals surface area contributed by atoms with E-state index in [0.717, 1.165) is 22.6 Å². The highest BCUT2D eigenvalue weighted by molar-refractivity contribution is 5.63. The number of nitrogen functional groups attached to an aromatic ring is 1. The first kappa shape index (κ1) is 11.5. The third-order valence-electron chi connectivity index (χ3n) is 2.79. The monoisotopic (exact) mass is 231 g/mol. The number of benzene rings is 1. The second kappa shape index (κ2) is 4.49. The Morgan fingerprint density at radius 3 is 2.71 bits per heavy atom. The number of hydrogen-bond acceptors (Lipinski definition) is 3. The van der Waals surface area contributed by atoms with Crippen LogP contribution in [0.25, 0.3) is 11.3 Å². The van der Waals surface area contributed by atoms with Gasteiger partial charge in [-0.05, 0) is 37.6 Å². The number of imidazole rings is 1. The summed E-state index contributed by atoms with van der Waals surface area (Å²) in [5.41, 5.74) is 8.94. The highest BCUT2D eigenvalue weighted by atomic mass is 16.5. The Kier molecular flexibility index (Phi) is 3.04. The summed E-state index contributed by atoms with van der Waals surface area (Å²) >= 11 is 0. The summed E-state index contributed by atoms with van der Waals surface area (Å²) in [4.78, 5) is 4.09. The molecule has 1 aromatic heterocycles. The van der Waals surface area contributed by atoms with Crippen LogP contribution in [0.4, 0.5) is 5.95 Å². The largest absolute Gasteiger partial charge is 0.494 e. The smallest absolute Gasteiger partial charge is 0.200 e. The van der Waals surface area contributed by atoms with E-state index in [0.29, 0.717) is 12.6 Å². The van der Waals surface area contributed by atoms with Crippen molar-refractivity contribution in [2.24, 2.45) is 7.05 Å². The van der Waals surface area contributed by atoms with E-state index < -0.39 is 0 Å². The van der Waals surface area contributed by atoms with Crippen molar-refractivity contribution in [2.75, 3.05) is 12.3 Å². The van der Waals surface area contributed by atoms with E-state index in [-0.39, 0.29) is 0 Å². The molecule has 0 saturated heterocycles. The number of rotatable bonds is 3. The van der Waals surface area contributed by atoms with Crippen molar-refractivity contribution in [1.82, 2.24) is 9.55 Å². The van der Waals surface area contributed by atoms with Crippen molar-refractivity contribution < 1.29 is 4.74 Å². The van der Waals surface area contributed by atoms with Gasteiger partial charge < -0.3 is 15.0 Å². The SMILES string of the molecule is CCOc1ccc(-c2cnc(N)n2C)cc1C. The molecule has 0 aliphatic heterocycles. The van der Waals surface area contributed by atoms with Gasteiger partial charge in [0.2, 0.25) is 0 Å². The molecule has 17 heavy (non-hydrogen) atoms. The highest BCUT2D eigenvalue weighted by Gasteiger charge is 2.08. The molecule has 0 bridgehead atoms. The Morgan fingerprint density at radius 2 is 2.18 bits per heavy atom. The molecule has 4 nitrogen and oxygen atoms in total. The highest BCUT2D eigenvalue weighted by Crippen LogP contribution is 2.26. The average molecular weight is 231 g/mol. The van der Waals surface area contributed by atoms with Crippen LogP contribution in [-0.2, 0) is 7.05 Å². The van der Waals surface area contributed by atoms with E-state index >= 15 is 0 Å². The molecule has 0 saturated carbocycles. The Morgan fingerprint density at radius 1 is 1.41 bits per heavy atom. The normalized spacial score (nSPS) is 10.5. The third-order valence-corrected chi connectivity index (χ3v) is 2.79. The Bertz CT molecular complexity index is 531. The van der Waals surface area contributed by atoms with Crippen LogP contribution < -0.4 is 10.5 Å². The first-order valence-electron chi connectivity index (χ1n) is 5.64. The van der Waals surface area contributed by atoms with Crippen molar-refractivity contribution in [2.45, 2.75) is 13.8 Å². The van der Waals surface area contributed by atoms with E-state index in [1.54, 1.807) is 6.20 Å². The number of ether oxygens (including phenoxy) is 1. The van der Waals surface area contributed by atoms with Gasteiger partial charge in [-0.15, -0.1) is 0 Å². The molecule has 2 aromatic rings. The van der Waals surface area contributed by atoms with Crippen molar-refractivity contribution in [3.8, 4) is 17.0 Å². The van der Waals surface area contributed by atoms with Gasteiger partial charge >= 0.3 is 0 Å². The lowest BCUT2D eigenvalue weighted by atomic mass is 10.1. The van der Waals surface area contributed by atoms with Crippen LogP contribution in [0.15, 0.2) is 24.4 Å². The lowest BCUT2D eigenvalue weighted by Crippen LogP contribution is -1.99. The molecule has 2 N–H and O–H groups in total. The van der Waals surface area contributed by atoms with Gasteiger partial charge in [0.1, 0.15) is 5.75 Å². The minimum atomic E-state index is 0.520. The van der Waals surface area contributed by atoms with Crippen molar-refractivity contribution in [1.29, 1.82) is 0 Å². The standard InChI is InChI=1S/C13H17N3O/c1-4-17-12-6-5-10(7-9(12)2)11-8-15-13(14)16(11)3/h5-8H,4H2,1-3H3,(H2,14,15). The average Bonchev–Trinajstić information content (AvgIpc) is 2.63. The van der Waals surface area contributed by atoms with Crippen LogP contribution in [0.5, 0.6) is 5.75 Å². The molecule has 0 atom stereocenters. The summed E-state index contributed by atoms with van der Waals surface area (Å²) in [5.74, 6) is 1.44. The van der Waals surface area contributed by atoms with Crippen LogP contribution in [-0.4, -0.2) is 16.2 Å². The molecular weight excluding hydrogens is 214 g/mol. The number of aromatic nitrogens is 2. The zero-order valence-corrected chi connectivity index (χ0v) is 10.4. The fourth-order valence-electron chi connectivity index (χ4n) is 1.82. The molecule has 0 amide bonds. The third kappa shape index (κ3) is 2.11. The molecule has 1 heterocycles. The quantitative estimate of drug-likeness (QED) is 0.882. The van der Waals surface area contributed by atoms with E-state index in [4.69, 9.17) is 10.5 Å². The van der Waals surface area contributed by atoms with E-state index in [1.165, 1.54) is 0 Å². The number of hydrogen-bond donors (Lipinski definition) is 1. The van der Waals surface area contributed by atoms with Crippen LogP contribution in [0.2, 0.25) is 0 Å². The lowest BCUT2D eigenvalue weighted by molar-refractivity contribution is 0.338. The minimum absolute atomic E-state index is 0.520. The van der Waals surface area contributed by atoms with Crippen LogP contribution >= 0.6 is 0 Å². The van der Waals surface area contributed by atoms with Gasteiger partial charge in [-0.1, -0.05) is 0 Å². The molecule has 0 spiro atoms. The fourth-order valence-corrected chi connectivity index (χ4v) is 1.82. The number of nitrogens with two attached hydrogens (primary N) is 1. The number of aryl methyl sites for hydroxylation is 1. The van der Waals surface area contributed by atoms with Crippen LogP contribution in [0.1, 0.15) is 12.5 Å². The molecular formula is C13H17N3O. The topological polar surface area (TPSA) is 53.1 Å². The molecule has 0 radical (unpaired) electrons. The summed E-state index contributed by atoms with van der Waals surface area (Å²) in [6, 6.07) is 6.09. The summed E-state index contributed by atoms with van der Waals surface area (Å²) in [7, 11) is 1.91. The van der Waals surface area contributed by atoms with Gasteiger partial charge in [0.15, 0.2) is 5.95 Å². The number of anilines is 1. The Labute approximate surface area is 101 Å². The summed E-state index contributed by atoms with van der Waals surface area (Å²) in [5, 5.41) is 0. The van der Waals surface area contributed by atoms with Crippen molar-refractivity contribution in [3.63, 3.8) is 0 Å². The zero-order valence-electron chi connectivity index (χ0n) is 10.4. The van der Waals surface area contributed by atoms with Gasteiger partial charge in [-0.3, -0.25) is 0 Å². The molecule has 0 aliphatic rings. The first-order valence-corrected chi connectivity index (χ1v) is 5.64. The Balaban J connectivity index is 2.41. The predicted molar refractivity (Wildman–Crippen MR) is 69.0 cm³/mol. The predicted octanol–water partition coefficient (Wildman–Crippen LogP) is 2.38. The molecule has 2 rings (SSSR count). The maximum atomic E-state index is 5.72. The summed E-state index contributed by atoms with van der Waals surface area (Å²) < 4.78 is 7.39. The second-order valence-corrected chi connectivity index (χ2v) is 3.97. The van der Waals surface area contributed by atoms with Crippen molar-refractivity contribution >= 4 is 5.95 Å².